The van der Waals surface area contributed by atoms with Crippen molar-refractivity contribution >= 4 is 16.9 Å². The number of benzene rings is 2. The molecule has 0 aliphatic carbocycles. The number of hydrogen-bond donors (Lipinski definition) is 1. The quantitative estimate of drug-likeness (QED) is 0.771. The molecular formula is C16H12FNO2. The Morgan fingerprint density at radius 3 is 2.45 bits per heavy atom. The lowest BCUT2D eigenvalue weighted by Crippen LogP contribution is -2.01. The average Bonchev–Trinajstić information content (AvgIpc) is 2.73. The number of aromatic nitrogens is 1. The van der Waals surface area contributed by atoms with Crippen LogP contribution in [0.1, 0.15) is 10.4 Å². The molecule has 3 nitrogen and oxygen atoms in total. The second-order valence-electron chi connectivity index (χ2n) is 4.58. The third-order valence-electron chi connectivity index (χ3n) is 3.45. The lowest BCUT2D eigenvalue weighted by Gasteiger charge is -2.07. The van der Waals surface area contributed by atoms with Crippen LogP contribution in [0.3, 0.4) is 0 Å². The van der Waals surface area contributed by atoms with E-state index in [1.165, 1.54) is 6.07 Å². The summed E-state index contributed by atoms with van der Waals surface area (Å²) < 4.78 is 15.7. The van der Waals surface area contributed by atoms with Crippen molar-refractivity contribution in [2.45, 2.75) is 0 Å². The number of carboxylic acids is 1. The summed E-state index contributed by atoms with van der Waals surface area (Å²) >= 11 is 0. The number of aromatic carboxylic acids is 1. The zero-order chi connectivity index (χ0) is 14.3. The number of rotatable bonds is 2. The fraction of sp³-hybridized carbons (Fsp3) is 0.0625. The molecule has 1 heterocycles. The van der Waals surface area contributed by atoms with Crippen LogP contribution in [-0.2, 0) is 7.05 Å². The van der Waals surface area contributed by atoms with E-state index in [2.05, 4.69) is 0 Å². The lowest BCUT2D eigenvalue weighted by molar-refractivity contribution is 0.0699. The second kappa shape index (κ2) is 4.49. The van der Waals surface area contributed by atoms with Crippen LogP contribution in [0.15, 0.2) is 48.5 Å². The van der Waals surface area contributed by atoms with E-state index in [0.717, 1.165) is 5.52 Å². The van der Waals surface area contributed by atoms with Gasteiger partial charge in [-0.05, 0) is 18.2 Å². The smallest absolute Gasteiger partial charge is 0.338 e. The highest BCUT2D eigenvalue weighted by molar-refractivity contribution is 6.09. The first-order chi connectivity index (χ1) is 9.61. The average molecular weight is 269 g/mol. The van der Waals surface area contributed by atoms with Gasteiger partial charge in [0.1, 0.15) is 5.82 Å². The van der Waals surface area contributed by atoms with E-state index in [1.54, 1.807) is 41.9 Å². The molecule has 0 radical (unpaired) electrons. The maximum absolute atomic E-state index is 14.0. The van der Waals surface area contributed by atoms with Gasteiger partial charge in [-0.15, -0.1) is 0 Å². The standard InChI is InChI=1S/C16H12FNO2/c1-18-13-9-5-3-7-11(13)14(16(19)20)15(18)10-6-2-4-8-12(10)17/h2-9H,1H3,(H,19,20). The number of fused-ring (bicyclic) bond motifs is 1. The topological polar surface area (TPSA) is 42.2 Å². The first-order valence-electron chi connectivity index (χ1n) is 6.17. The highest BCUT2D eigenvalue weighted by atomic mass is 19.1. The van der Waals surface area contributed by atoms with Gasteiger partial charge in [-0.25, -0.2) is 9.18 Å². The monoisotopic (exact) mass is 269 g/mol. The number of carboxylic acid groups (broad SMARTS) is 1. The van der Waals surface area contributed by atoms with E-state index in [9.17, 15) is 14.3 Å². The zero-order valence-electron chi connectivity index (χ0n) is 10.8. The number of para-hydroxylation sites is 1. The van der Waals surface area contributed by atoms with Crippen LogP contribution in [0.5, 0.6) is 0 Å². The number of aryl methyl sites for hydroxylation is 1. The maximum atomic E-state index is 14.0. The first-order valence-corrected chi connectivity index (χ1v) is 6.17. The second-order valence-corrected chi connectivity index (χ2v) is 4.58. The summed E-state index contributed by atoms with van der Waals surface area (Å²) in [6, 6.07) is 13.4. The molecule has 1 aromatic heterocycles. The van der Waals surface area contributed by atoms with E-state index in [0.29, 0.717) is 16.6 Å². The van der Waals surface area contributed by atoms with E-state index in [1.807, 2.05) is 12.1 Å². The fourth-order valence-electron chi connectivity index (χ4n) is 2.58. The van der Waals surface area contributed by atoms with Crippen molar-refractivity contribution in [2.24, 2.45) is 7.05 Å². The minimum atomic E-state index is -1.06. The third kappa shape index (κ3) is 1.69. The molecule has 0 atom stereocenters. The minimum absolute atomic E-state index is 0.133. The number of nitrogens with zero attached hydrogens (tertiary/aromatic N) is 1. The van der Waals surface area contributed by atoms with E-state index in [4.69, 9.17) is 0 Å². The van der Waals surface area contributed by atoms with Crippen LogP contribution in [0.2, 0.25) is 0 Å². The molecule has 4 heteroatoms. The molecular weight excluding hydrogens is 257 g/mol. The van der Waals surface area contributed by atoms with Gasteiger partial charge < -0.3 is 9.67 Å². The Morgan fingerprint density at radius 2 is 1.75 bits per heavy atom. The molecule has 0 spiro atoms. The lowest BCUT2D eigenvalue weighted by atomic mass is 10.0. The molecule has 3 aromatic rings. The van der Waals surface area contributed by atoms with Crippen LogP contribution in [0, 0.1) is 5.82 Å². The first kappa shape index (κ1) is 12.4. The van der Waals surface area contributed by atoms with Crippen LogP contribution >= 0.6 is 0 Å². The summed E-state index contributed by atoms with van der Waals surface area (Å²) in [5.41, 5.74) is 1.58. The van der Waals surface area contributed by atoms with Crippen molar-refractivity contribution in [3.8, 4) is 11.3 Å². The van der Waals surface area contributed by atoms with E-state index < -0.39 is 11.8 Å². The van der Waals surface area contributed by atoms with Crippen molar-refractivity contribution in [1.29, 1.82) is 0 Å². The maximum Gasteiger partial charge on any atom is 0.338 e. The Hall–Kier alpha value is -2.62. The van der Waals surface area contributed by atoms with Gasteiger partial charge in [0.2, 0.25) is 0 Å². The SMILES string of the molecule is Cn1c(-c2ccccc2F)c(C(=O)O)c2ccccc21. The van der Waals surface area contributed by atoms with Gasteiger partial charge in [0.05, 0.1) is 11.3 Å². The number of halogens is 1. The molecule has 0 fully saturated rings. The van der Waals surface area contributed by atoms with Gasteiger partial charge in [-0.2, -0.15) is 0 Å². The fourth-order valence-corrected chi connectivity index (χ4v) is 2.58. The Morgan fingerprint density at radius 1 is 1.10 bits per heavy atom. The molecule has 20 heavy (non-hydrogen) atoms. The van der Waals surface area contributed by atoms with Crippen molar-refractivity contribution < 1.29 is 14.3 Å². The van der Waals surface area contributed by atoms with Crippen LogP contribution in [0.25, 0.3) is 22.2 Å². The molecule has 100 valence electrons. The van der Waals surface area contributed by atoms with Gasteiger partial charge in [-0.3, -0.25) is 0 Å². The van der Waals surface area contributed by atoms with Crippen molar-refractivity contribution in [1.82, 2.24) is 4.57 Å². The molecule has 0 amide bonds. The van der Waals surface area contributed by atoms with Crippen LogP contribution in [-0.4, -0.2) is 15.6 Å². The molecule has 3 rings (SSSR count). The summed E-state index contributed by atoms with van der Waals surface area (Å²) in [6.45, 7) is 0. The normalized spacial score (nSPS) is 10.9. The van der Waals surface area contributed by atoms with Gasteiger partial charge in [0.15, 0.2) is 0 Å². The Labute approximate surface area is 114 Å². The highest BCUT2D eigenvalue weighted by Crippen LogP contribution is 2.34. The summed E-state index contributed by atoms with van der Waals surface area (Å²) in [4.78, 5) is 11.6. The predicted octanol–water partition coefficient (Wildman–Crippen LogP) is 3.68. The molecule has 0 saturated carbocycles. The van der Waals surface area contributed by atoms with Gasteiger partial charge in [-0.1, -0.05) is 30.3 Å². The Bertz CT molecular complexity index is 820. The minimum Gasteiger partial charge on any atom is -0.478 e. The Kier molecular flexibility index (Phi) is 2.79. The summed E-state index contributed by atoms with van der Waals surface area (Å²) in [5, 5.41) is 10.1. The van der Waals surface area contributed by atoms with Crippen LogP contribution < -0.4 is 0 Å². The molecule has 1 N–H and O–H groups in total. The summed E-state index contributed by atoms with van der Waals surface area (Å²) in [5.74, 6) is -1.49. The Balaban J connectivity index is 2.47. The number of hydrogen-bond acceptors (Lipinski definition) is 1. The molecule has 0 aliphatic heterocycles. The highest BCUT2D eigenvalue weighted by Gasteiger charge is 2.23. The van der Waals surface area contributed by atoms with Crippen molar-refractivity contribution in [2.75, 3.05) is 0 Å². The third-order valence-corrected chi connectivity index (χ3v) is 3.45. The molecule has 2 aromatic carbocycles. The van der Waals surface area contributed by atoms with E-state index >= 15 is 0 Å². The summed E-state index contributed by atoms with van der Waals surface area (Å²) in [6.07, 6.45) is 0. The van der Waals surface area contributed by atoms with E-state index in [-0.39, 0.29) is 5.56 Å². The van der Waals surface area contributed by atoms with Crippen LogP contribution in [0.4, 0.5) is 4.39 Å². The summed E-state index contributed by atoms with van der Waals surface area (Å²) in [7, 11) is 1.75. The van der Waals surface area contributed by atoms with Gasteiger partial charge >= 0.3 is 5.97 Å². The molecule has 0 unspecified atom stereocenters. The van der Waals surface area contributed by atoms with Gasteiger partial charge in [0, 0.05) is 23.5 Å². The largest absolute Gasteiger partial charge is 0.478 e. The molecule has 0 bridgehead atoms. The van der Waals surface area contributed by atoms with Gasteiger partial charge in [0.25, 0.3) is 0 Å². The molecule has 0 saturated heterocycles. The zero-order valence-corrected chi connectivity index (χ0v) is 10.8. The van der Waals surface area contributed by atoms with Crippen molar-refractivity contribution in [3.63, 3.8) is 0 Å². The molecule has 0 aliphatic rings. The number of carbonyl (C=O) groups is 1. The predicted molar refractivity (Wildman–Crippen MR) is 75.3 cm³/mol. The van der Waals surface area contributed by atoms with Crippen molar-refractivity contribution in [3.05, 3.63) is 59.9 Å².